The van der Waals surface area contributed by atoms with Gasteiger partial charge in [0.25, 0.3) is 0 Å². The molecule has 0 aliphatic rings. The first-order chi connectivity index (χ1) is 10.5. The van der Waals surface area contributed by atoms with Gasteiger partial charge in [0.2, 0.25) is 0 Å². The molecule has 1 aromatic carbocycles. The Bertz CT molecular complexity index is 927. The summed E-state index contributed by atoms with van der Waals surface area (Å²) in [6.45, 7) is -0.278. The molecule has 110 valence electrons. The molecule has 0 spiro atoms. The molecule has 3 rings (SSSR count). The largest absolute Gasteiger partial charge is 0.241 e. The lowest BCUT2D eigenvalue weighted by atomic mass is 10.2. The molecular weight excluding hydrogens is 300 g/mol. The number of halogens is 4. The van der Waals surface area contributed by atoms with E-state index >= 15 is 0 Å². The van der Waals surface area contributed by atoms with E-state index in [1.807, 2.05) is 0 Å². The maximum atomic E-state index is 13.7. The molecule has 0 saturated heterocycles. The molecule has 0 aliphatic heterocycles. The van der Waals surface area contributed by atoms with Crippen LogP contribution < -0.4 is 0 Å². The highest BCUT2D eigenvalue weighted by Crippen LogP contribution is 2.20. The van der Waals surface area contributed by atoms with E-state index in [0.717, 1.165) is 29.1 Å². The molecule has 0 atom stereocenters. The van der Waals surface area contributed by atoms with Crippen LogP contribution in [0.2, 0.25) is 0 Å². The van der Waals surface area contributed by atoms with Crippen LogP contribution in [-0.2, 0) is 6.54 Å². The summed E-state index contributed by atoms with van der Waals surface area (Å²) in [4.78, 5) is 3.80. The molecule has 0 N–H and O–H groups in total. The van der Waals surface area contributed by atoms with Gasteiger partial charge in [-0.15, -0.1) is 0 Å². The Balaban J connectivity index is 2.13. The number of aromatic nitrogens is 3. The minimum absolute atomic E-state index is 0.0926. The van der Waals surface area contributed by atoms with E-state index in [2.05, 4.69) is 10.1 Å². The highest BCUT2D eigenvalue weighted by Gasteiger charge is 2.17. The van der Waals surface area contributed by atoms with E-state index in [1.54, 1.807) is 6.07 Å². The molecule has 0 saturated carbocycles. The molecule has 4 nitrogen and oxygen atoms in total. The van der Waals surface area contributed by atoms with Crippen molar-refractivity contribution in [2.75, 3.05) is 0 Å². The Morgan fingerprint density at radius 2 is 1.91 bits per heavy atom. The summed E-state index contributed by atoms with van der Waals surface area (Å²) in [6, 6.07) is 4.70. The third-order valence-electron chi connectivity index (χ3n) is 3.09. The molecule has 0 bridgehead atoms. The number of nitrogens with zero attached hydrogens (tertiary/aromatic N) is 4. The third-order valence-corrected chi connectivity index (χ3v) is 3.09. The standard InChI is InChI=1S/C14H6F4N4/c15-8-3-9-11(4-19)21-22(14(9)20-5-8)6-7-1-2-10(16)13(18)12(7)17/h1-3,5H,6H2. The fraction of sp³-hybridized carbons (Fsp3) is 0.0714. The maximum Gasteiger partial charge on any atom is 0.194 e. The SMILES string of the molecule is N#Cc1nn(Cc2ccc(F)c(F)c2F)c2ncc(F)cc12. The number of pyridine rings is 1. The number of fused-ring (bicyclic) bond motifs is 1. The second kappa shape index (κ2) is 5.11. The van der Waals surface area contributed by atoms with Gasteiger partial charge in [-0.1, -0.05) is 6.07 Å². The quantitative estimate of drug-likeness (QED) is 0.540. The first kappa shape index (κ1) is 14.0. The van der Waals surface area contributed by atoms with E-state index in [1.165, 1.54) is 0 Å². The lowest BCUT2D eigenvalue weighted by Gasteiger charge is -2.05. The summed E-state index contributed by atoms with van der Waals surface area (Å²) >= 11 is 0. The predicted octanol–water partition coefficient (Wildman–Crippen LogP) is 2.91. The fourth-order valence-electron chi connectivity index (χ4n) is 2.08. The van der Waals surface area contributed by atoms with Crippen molar-refractivity contribution in [1.29, 1.82) is 5.26 Å². The number of hydrogen-bond acceptors (Lipinski definition) is 3. The van der Waals surface area contributed by atoms with Crippen molar-refractivity contribution in [2.24, 2.45) is 0 Å². The van der Waals surface area contributed by atoms with Gasteiger partial charge in [0.1, 0.15) is 11.9 Å². The van der Waals surface area contributed by atoms with Crippen molar-refractivity contribution in [3.8, 4) is 6.07 Å². The highest BCUT2D eigenvalue weighted by molar-refractivity contribution is 5.80. The first-order valence-corrected chi connectivity index (χ1v) is 6.06. The molecule has 0 radical (unpaired) electrons. The zero-order chi connectivity index (χ0) is 15.9. The van der Waals surface area contributed by atoms with Gasteiger partial charge in [-0.05, 0) is 12.1 Å². The van der Waals surface area contributed by atoms with E-state index in [-0.39, 0.29) is 28.8 Å². The molecule has 0 unspecified atom stereocenters. The Hall–Kier alpha value is -2.95. The molecule has 0 amide bonds. The van der Waals surface area contributed by atoms with Crippen LogP contribution in [0.1, 0.15) is 11.3 Å². The molecule has 22 heavy (non-hydrogen) atoms. The number of rotatable bonds is 2. The highest BCUT2D eigenvalue weighted by atomic mass is 19.2. The summed E-state index contributed by atoms with van der Waals surface area (Å²) in [5.74, 6) is -4.88. The maximum absolute atomic E-state index is 13.7. The second-order valence-electron chi connectivity index (χ2n) is 4.48. The van der Waals surface area contributed by atoms with Crippen LogP contribution in [0.3, 0.4) is 0 Å². The van der Waals surface area contributed by atoms with Gasteiger partial charge in [-0.2, -0.15) is 10.4 Å². The zero-order valence-corrected chi connectivity index (χ0v) is 10.8. The average molecular weight is 306 g/mol. The lowest BCUT2D eigenvalue weighted by molar-refractivity contribution is 0.438. The van der Waals surface area contributed by atoms with Crippen LogP contribution in [0, 0.1) is 34.6 Å². The molecule has 8 heteroatoms. The summed E-state index contributed by atoms with van der Waals surface area (Å²) in [6.07, 6.45) is 0.920. The molecule has 2 heterocycles. The van der Waals surface area contributed by atoms with Crippen LogP contribution in [0.5, 0.6) is 0 Å². The minimum atomic E-state index is -1.59. The topological polar surface area (TPSA) is 54.5 Å². The summed E-state index contributed by atoms with van der Waals surface area (Å²) in [7, 11) is 0. The summed E-state index contributed by atoms with van der Waals surface area (Å²) in [5.41, 5.74) is -0.119. The average Bonchev–Trinajstić information content (AvgIpc) is 2.85. The van der Waals surface area contributed by atoms with Crippen LogP contribution in [0.4, 0.5) is 17.6 Å². The molecule has 0 aliphatic carbocycles. The molecule has 0 fully saturated rings. The fourth-order valence-corrected chi connectivity index (χ4v) is 2.08. The zero-order valence-electron chi connectivity index (χ0n) is 10.8. The van der Waals surface area contributed by atoms with Crippen LogP contribution in [0.15, 0.2) is 24.4 Å². The molecule has 3 aromatic rings. The van der Waals surface area contributed by atoms with Crippen molar-refractivity contribution in [3.63, 3.8) is 0 Å². The molecular formula is C14H6F4N4. The Labute approximate surface area is 121 Å². The Morgan fingerprint density at radius 1 is 1.14 bits per heavy atom. The van der Waals surface area contributed by atoms with Crippen molar-refractivity contribution in [2.45, 2.75) is 6.54 Å². The molecule has 2 aromatic heterocycles. The van der Waals surface area contributed by atoms with Gasteiger partial charge in [0.15, 0.2) is 28.8 Å². The van der Waals surface area contributed by atoms with Crippen LogP contribution in [-0.4, -0.2) is 14.8 Å². The number of benzene rings is 1. The van der Waals surface area contributed by atoms with Crippen LogP contribution in [0.25, 0.3) is 11.0 Å². The van der Waals surface area contributed by atoms with Crippen molar-refractivity contribution < 1.29 is 17.6 Å². The van der Waals surface area contributed by atoms with Crippen molar-refractivity contribution >= 4 is 11.0 Å². The number of hydrogen-bond donors (Lipinski definition) is 0. The summed E-state index contributed by atoms with van der Waals surface area (Å²) < 4.78 is 54.2. The first-order valence-electron chi connectivity index (χ1n) is 6.06. The van der Waals surface area contributed by atoms with E-state index in [4.69, 9.17) is 5.26 Å². The monoisotopic (exact) mass is 306 g/mol. The van der Waals surface area contributed by atoms with Gasteiger partial charge >= 0.3 is 0 Å². The van der Waals surface area contributed by atoms with Gasteiger partial charge in [-0.25, -0.2) is 27.2 Å². The van der Waals surface area contributed by atoms with E-state index < -0.39 is 23.3 Å². The predicted molar refractivity (Wildman–Crippen MR) is 67.6 cm³/mol. The summed E-state index contributed by atoms with van der Waals surface area (Å²) in [5, 5.41) is 13.0. The van der Waals surface area contributed by atoms with E-state index in [9.17, 15) is 17.6 Å². The normalized spacial score (nSPS) is 10.9. The minimum Gasteiger partial charge on any atom is -0.241 e. The smallest absolute Gasteiger partial charge is 0.194 e. The van der Waals surface area contributed by atoms with Gasteiger partial charge < -0.3 is 0 Å². The number of nitriles is 1. The Morgan fingerprint density at radius 3 is 2.64 bits per heavy atom. The third kappa shape index (κ3) is 2.16. The van der Waals surface area contributed by atoms with Gasteiger partial charge in [-0.3, -0.25) is 0 Å². The van der Waals surface area contributed by atoms with Gasteiger partial charge in [0, 0.05) is 5.56 Å². The Kier molecular flexibility index (Phi) is 3.25. The van der Waals surface area contributed by atoms with E-state index in [0.29, 0.717) is 0 Å². The van der Waals surface area contributed by atoms with Crippen molar-refractivity contribution in [3.05, 3.63) is 58.9 Å². The van der Waals surface area contributed by atoms with Gasteiger partial charge in [0.05, 0.1) is 18.1 Å². The van der Waals surface area contributed by atoms with Crippen LogP contribution >= 0.6 is 0 Å². The second-order valence-corrected chi connectivity index (χ2v) is 4.48. The van der Waals surface area contributed by atoms with Crippen molar-refractivity contribution in [1.82, 2.24) is 14.8 Å². The lowest BCUT2D eigenvalue weighted by Crippen LogP contribution is -2.07.